The van der Waals surface area contributed by atoms with Gasteiger partial charge >= 0.3 is 0 Å². The van der Waals surface area contributed by atoms with Gasteiger partial charge in [0.1, 0.15) is 0 Å². The molecule has 0 aromatic rings. The highest BCUT2D eigenvalue weighted by atomic mass is 27.1. The zero-order valence-corrected chi connectivity index (χ0v) is 7.22. The van der Waals surface area contributed by atoms with Crippen molar-refractivity contribution in [2.45, 2.75) is 31.3 Å². The second-order valence-electron chi connectivity index (χ2n) is 2.33. The van der Waals surface area contributed by atoms with Crippen molar-refractivity contribution in [1.82, 2.24) is 0 Å². The molecule has 0 saturated carbocycles. The minimum Gasteiger partial charge on any atom is -0.412 e. The summed E-state index contributed by atoms with van der Waals surface area (Å²) >= 11 is 0.785. The van der Waals surface area contributed by atoms with Gasteiger partial charge in [0.05, 0.1) is 0 Å². The second-order valence-corrected chi connectivity index (χ2v) is 4.19. The molecule has 2 N–H and O–H groups in total. The van der Waals surface area contributed by atoms with E-state index in [0.717, 1.165) is 21.1 Å². The fourth-order valence-corrected chi connectivity index (χ4v) is 1.50. The van der Waals surface area contributed by atoms with E-state index in [1.54, 1.807) is 0 Å². The minimum atomic E-state index is 0. The van der Waals surface area contributed by atoms with Crippen molar-refractivity contribution in [2.75, 3.05) is 0 Å². The summed E-state index contributed by atoms with van der Waals surface area (Å²) in [4.78, 5) is 0. The number of hydrogen-bond donors (Lipinski definition) is 0. The molecule has 0 unspecified atom stereocenters. The van der Waals surface area contributed by atoms with E-state index in [0.29, 0.717) is 0 Å². The molecule has 0 fully saturated rings. The number of hydrogen-bond acceptors (Lipinski definition) is 0. The summed E-state index contributed by atoms with van der Waals surface area (Å²) in [7, 11) is 0. The maximum Gasteiger partial charge on any atom is 0.199 e. The Labute approximate surface area is 58.5 Å². The molecule has 0 atom stereocenters. The molecule has 0 spiro atoms. The lowest BCUT2D eigenvalue weighted by Crippen LogP contribution is -1.92. The summed E-state index contributed by atoms with van der Waals surface area (Å²) in [5, 5.41) is 2.91. The lowest BCUT2D eigenvalue weighted by molar-refractivity contribution is 0.730. The molecule has 0 saturated heterocycles. The molecule has 0 amide bonds. The zero-order valence-electron chi connectivity index (χ0n) is 6.07. The van der Waals surface area contributed by atoms with Gasteiger partial charge in [-0.1, -0.05) is 26.7 Å². The van der Waals surface area contributed by atoms with E-state index in [1.807, 2.05) is 0 Å². The lowest BCUT2D eigenvalue weighted by atomic mass is 10.3. The quantitative estimate of drug-likeness (QED) is 0.518. The van der Waals surface area contributed by atoms with Crippen LogP contribution in [0.1, 0.15) is 20.8 Å². The Morgan fingerprint density at radius 1 is 1.38 bits per heavy atom. The third kappa shape index (κ3) is 9.70. The standard InChI is InChI=1S/C4H9.C2H5.Al.H2O/c1-4(2)3;1-2;;/h4H,1H2,2-3H3;1H2,2H3;;1H2. The molecular weight excluding hydrogens is 115 g/mol. The predicted octanol–water partition coefficient (Wildman–Crippen LogP) is 1.38. The van der Waals surface area contributed by atoms with Crippen molar-refractivity contribution in [3.63, 3.8) is 0 Å². The fourth-order valence-electron chi connectivity index (χ4n) is 0.500. The Balaban J connectivity index is 0. The second kappa shape index (κ2) is 7.49. The Morgan fingerprint density at radius 2 is 1.88 bits per heavy atom. The highest BCUT2D eigenvalue weighted by molar-refractivity contribution is 6.35. The maximum atomic E-state index is 2.29. The van der Waals surface area contributed by atoms with Crippen molar-refractivity contribution in [3.05, 3.63) is 0 Å². The van der Waals surface area contributed by atoms with Gasteiger partial charge in [-0.2, -0.15) is 0 Å². The van der Waals surface area contributed by atoms with Crippen LogP contribution in [0.5, 0.6) is 0 Å². The molecule has 0 aliphatic heterocycles. The van der Waals surface area contributed by atoms with Gasteiger partial charge in [-0.25, -0.2) is 0 Å². The van der Waals surface area contributed by atoms with Gasteiger partial charge in [0.15, 0.2) is 15.2 Å². The Kier molecular flexibility index (Phi) is 10.6. The van der Waals surface area contributed by atoms with Crippen molar-refractivity contribution in [1.29, 1.82) is 0 Å². The first-order valence-corrected chi connectivity index (χ1v) is 4.72. The molecule has 49 valence electrons. The summed E-state index contributed by atoms with van der Waals surface area (Å²) in [6, 6.07) is 0. The highest BCUT2D eigenvalue weighted by Crippen LogP contribution is 1.98. The summed E-state index contributed by atoms with van der Waals surface area (Å²) in [5.41, 5.74) is 0. The molecule has 0 bridgehead atoms. The Bertz CT molecular complexity index is 37.5. The summed E-state index contributed by atoms with van der Waals surface area (Å²) < 4.78 is 0. The topological polar surface area (TPSA) is 31.5 Å². The van der Waals surface area contributed by atoms with Gasteiger partial charge in [0.25, 0.3) is 0 Å². The normalized spacial score (nSPS) is 8.50. The first-order chi connectivity index (χ1) is 3.27. The van der Waals surface area contributed by atoms with Crippen LogP contribution in [-0.2, 0) is 0 Å². The van der Waals surface area contributed by atoms with E-state index < -0.39 is 0 Å². The van der Waals surface area contributed by atoms with Crippen LogP contribution in [0.3, 0.4) is 0 Å². The third-order valence-electron chi connectivity index (χ3n) is 0.927. The smallest absolute Gasteiger partial charge is 0.199 e. The molecule has 0 rings (SSSR count). The minimum absolute atomic E-state index is 0. The van der Waals surface area contributed by atoms with Crippen LogP contribution in [0.15, 0.2) is 0 Å². The molecule has 0 aliphatic carbocycles. The molecule has 0 aromatic carbocycles. The Hall–Kier alpha value is 0.492. The lowest BCUT2D eigenvalue weighted by Gasteiger charge is -1.97. The molecule has 0 heterocycles. The predicted molar refractivity (Wildman–Crippen MR) is 39.5 cm³/mol. The van der Waals surface area contributed by atoms with Crippen molar-refractivity contribution in [2.24, 2.45) is 5.92 Å². The third-order valence-corrected chi connectivity index (χ3v) is 2.78. The van der Waals surface area contributed by atoms with Gasteiger partial charge in [-0.3, -0.25) is 0 Å². The first-order valence-electron chi connectivity index (χ1n) is 3.09. The summed E-state index contributed by atoms with van der Waals surface area (Å²) in [5.74, 6) is 0.940. The van der Waals surface area contributed by atoms with E-state index >= 15 is 0 Å². The van der Waals surface area contributed by atoms with Crippen LogP contribution >= 0.6 is 0 Å². The average Bonchev–Trinajstić information content (AvgIpc) is 1.61. The van der Waals surface area contributed by atoms with Crippen LogP contribution < -0.4 is 0 Å². The van der Waals surface area contributed by atoms with Crippen molar-refractivity contribution >= 4 is 15.2 Å². The molecular formula is C6H16AlO. The van der Waals surface area contributed by atoms with E-state index in [9.17, 15) is 0 Å². The Morgan fingerprint density at radius 3 is 2.00 bits per heavy atom. The summed E-state index contributed by atoms with van der Waals surface area (Å²) in [6.07, 6.45) is 0. The molecule has 2 heteroatoms. The van der Waals surface area contributed by atoms with E-state index in [-0.39, 0.29) is 5.48 Å². The largest absolute Gasteiger partial charge is 0.412 e. The van der Waals surface area contributed by atoms with E-state index in [1.165, 1.54) is 10.6 Å². The van der Waals surface area contributed by atoms with Gasteiger partial charge in [-0.15, -0.1) is 10.6 Å². The van der Waals surface area contributed by atoms with Gasteiger partial charge in [-0.05, 0) is 0 Å². The fraction of sp³-hybridized carbons (Fsp3) is 1.00. The highest BCUT2D eigenvalue weighted by Gasteiger charge is 1.91. The van der Waals surface area contributed by atoms with Crippen LogP contribution in [0.4, 0.5) is 0 Å². The van der Waals surface area contributed by atoms with Crippen molar-refractivity contribution in [3.8, 4) is 0 Å². The molecule has 1 radical (unpaired) electrons. The SMILES string of the molecule is C[CH2][Al][CH2]C(C)C.O. The van der Waals surface area contributed by atoms with E-state index in [4.69, 9.17) is 0 Å². The number of rotatable bonds is 3. The van der Waals surface area contributed by atoms with Crippen molar-refractivity contribution < 1.29 is 5.48 Å². The van der Waals surface area contributed by atoms with E-state index in [2.05, 4.69) is 20.8 Å². The van der Waals surface area contributed by atoms with Crippen LogP contribution in [-0.4, -0.2) is 20.7 Å². The monoisotopic (exact) mass is 131 g/mol. The molecule has 0 aromatic heterocycles. The van der Waals surface area contributed by atoms with Crippen LogP contribution in [0, 0.1) is 5.92 Å². The zero-order chi connectivity index (χ0) is 5.70. The summed E-state index contributed by atoms with van der Waals surface area (Å²) in [6.45, 7) is 6.86. The van der Waals surface area contributed by atoms with Gasteiger partial charge in [0, 0.05) is 0 Å². The molecule has 8 heavy (non-hydrogen) atoms. The maximum absolute atomic E-state index is 2.29. The van der Waals surface area contributed by atoms with Gasteiger partial charge in [0.2, 0.25) is 0 Å². The van der Waals surface area contributed by atoms with Crippen LogP contribution in [0.2, 0.25) is 10.6 Å². The molecule has 0 aliphatic rings. The molecule has 1 nitrogen and oxygen atoms in total. The average molecular weight is 131 g/mol. The van der Waals surface area contributed by atoms with Gasteiger partial charge < -0.3 is 5.48 Å². The first kappa shape index (κ1) is 11.3. The van der Waals surface area contributed by atoms with Crippen LogP contribution in [0.25, 0.3) is 0 Å².